The largest absolute Gasteiger partial charge is 0.393 e. The molecule has 4 atom stereocenters. The van der Waals surface area contributed by atoms with Crippen LogP contribution in [0.3, 0.4) is 0 Å². The van der Waals surface area contributed by atoms with Gasteiger partial charge in [0.1, 0.15) is 17.8 Å². The molecule has 2 fully saturated rings. The minimum atomic E-state index is -0.813. The molecular formula is C18H20O5. The monoisotopic (exact) mass is 316 g/mol. The highest BCUT2D eigenvalue weighted by molar-refractivity contribution is 5.82. The zero-order valence-electron chi connectivity index (χ0n) is 13.0. The maximum atomic E-state index is 9.67. The first-order valence-electron chi connectivity index (χ1n) is 7.81. The minimum absolute atomic E-state index is 0.144. The molecule has 2 heterocycles. The van der Waals surface area contributed by atoms with E-state index < -0.39 is 11.9 Å². The molecule has 2 aliphatic rings. The highest BCUT2D eigenvalue weighted by atomic mass is 16.8. The first-order chi connectivity index (χ1) is 11.2. The van der Waals surface area contributed by atoms with Crippen molar-refractivity contribution in [3.63, 3.8) is 0 Å². The van der Waals surface area contributed by atoms with Gasteiger partial charge in [0.15, 0.2) is 13.1 Å². The van der Waals surface area contributed by atoms with Gasteiger partial charge in [-0.15, -0.1) is 0 Å². The van der Waals surface area contributed by atoms with Crippen molar-refractivity contribution < 1.29 is 24.1 Å². The quantitative estimate of drug-likeness (QED) is 0.937. The molecule has 2 aromatic carbocycles. The molecule has 0 saturated carbocycles. The van der Waals surface area contributed by atoms with Crippen molar-refractivity contribution in [1.29, 1.82) is 0 Å². The molecule has 0 amide bonds. The Balaban J connectivity index is 1.52. The zero-order valence-corrected chi connectivity index (χ0v) is 13.0. The van der Waals surface area contributed by atoms with Crippen LogP contribution in [0, 0.1) is 0 Å². The van der Waals surface area contributed by atoms with Crippen LogP contribution in [0.1, 0.15) is 12.5 Å². The number of ether oxygens (including phenoxy) is 4. The summed E-state index contributed by atoms with van der Waals surface area (Å²) in [5, 5.41) is 12.1. The second-order valence-electron chi connectivity index (χ2n) is 6.29. The Kier molecular flexibility index (Phi) is 3.83. The van der Waals surface area contributed by atoms with Crippen LogP contribution < -0.4 is 0 Å². The predicted molar refractivity (Wildman–Crippen MR) is 83.7 cm³/mol. The zero-order chi connectivity index (χ0) is 15.9. The Morgan fingerprint density at radius 1 is 1.17 bits per heavy atom. The average Bonchev–Trinajstić information content (AvgIpc) is 3.12. The van der Waals surface area contributed by atoms with Crippen LogP contribution in [0.4, 0.5) is 0 Å². The molecule has 0 aromatic heterocycles. The second kappa shape index (κ2) is 5.85. The van der Waals surface area contributed by atoms with Crippen molar-refractivity contribution in [2.45, 2.75) is 37.6 Å². The molecule has 0 radical (unpaired) electrons. The smallest absolute Gasteiger partial charge is 0.190 e. The molecule has 23 heavy (non-hydrogen) atoms. The van der Waals surface area contributed by atoms with E-state index in [0.29, 0.717) is 6.61 Å². The lowest BCUT2D eigenvalue weighted by Crippen LogP contribution is -2.45. The SMILES string of the molecule is C[C@]1(CO)O[C@@H]2OCO[C@@H]2[C@@H]1OCc1ccc2ccccc2c1. The fourth-order valence-corrected chi connectivity index (χ4v) is 3.28. The summed E-state index contributed by atoms with van der Waals surface area (Å²) < 4.78 is 22.8. The lowest BCUT2D eigenvalue weighted by atomic mass is 9.98. The predicted octanol–water partition coefficient (Wildman–Crippen LogP) is 2.21. The number of aliphatic hydroxyl groups excluding tert-OH is 1. The van der Waals surface area contributed by atoms with E-state index in [-0.39, 0.29) is 25.6 Å². The van der Waals surface area contributed by atoms with E-state index in [1.165, 1.54) is 10.8 Å². The molecule has 2 aliphatic heterocycles. The number of aliphatic hydroxyl groups is 1. The Labute approximate surface area is 134 Å². The summed E-state index contributed by atoms with van der Waals surface area (Å²) in [6.07, 6.45) is -1.13. The number of hydrogen-bond acceptors (Lipinski definition) is 5. The van der Waals surface area contributed by atoms with Crippen molar-refractivity contribution >= 4 is 10.8 Å². The Morgan fingerprint density at radius 2 is 2.00 bits per heavy atom. The molecule has 0 unspecified atom stereocenters. The van der Waals surface area contributed by atoms with Gasteiger partial charge >= 0.3 is 0 Å². The first kappa shape index (κ1) is 15.1. The van der Waals surface area contributed by atoms with Crippen molar-refractivity contribution in [1.82, 2.24) is 0 Å². The number of hydrogen-bond donors (Lipinski definition) is 1. The van der Waals surface area contributed by atoms with Crippen LogP contribution in [-0.4, -0.2) is 42.6 Å². The van der Waals surface area contributed by atoms with Crippen molar-refractivity contribution in [3.8, 4) is 0 Å². The van der Waals surface area contributed by atoms with Crippen LogP contribution in [0.2, 0.25) is 0 Å². The van der Waals surface area contributed by atoms with E-state index in [4.69, 9.17) is 18.9 Å². The van der Waals surface area contributed by atoms with E-state index in [9.17, 15) is 5.11 Å². The molecule has 5 heteroatoms. The number of fused-ring (bicyclic) bond motifs is 2. The van der Waals surface area contributed by atoms with Gasteiger partial charge in [0.2, 0.25) is 0 Å². The van der Waals surface area contributed by atoms with Crippen molar-refractivity contribution in [3.05, 3.63) is 48.0 Å². The number of benzene rings is 2. The summed E-state index contributed by atoms with van der Waals surface area (Å²) in [4.78, 5) is 0. The Morgan fingerprint density at radius 3 is 2.83 bits per heavy atom. The lowest BCUT2D eigenvalue weighted by molar-refractivity contribution is -0.190. The van der Waals surface area contributed by atoms with E-state index in [1.54, 1.807) is 0 Å². The summed E-state index contributed by atoms with van der Waals surface area (Å²) in [5.41, 5.74) is 0.262. The first-order valence-corrected chi connectivity index (χ1v) is 7.81. The maximum absolute atomic E-state index is 9.67. The summed E-state index contributed by atoms with van der Waals surface area (Å²) >= 11 is 0. The summed E-state index contributed by atoms with van der Waals surface area (Å²) in [6, 6.07) is 14.5. The Bertz CT molecular complexity index is 703. The van der Waals surface area contributed by atoms with Crippen LogP contribution in [0.15, 0.2) is 42.5 Å². The van der Waals surface area contributed by atoms with Gasteiger partial charge in [-0.25, -0.2) is 0 Å². The van der Waals surface area contributed by atoms with Crippen LogP contribution >= 0.6 is 0 Å². The Hall–Kier alpha value is -1.50. The van der Waals surface area contributed by atoms with E-state index in [0.717, 1.165) is 5.56 Å². The molecule has 0 aliphatic carbocycles. The van der Waals surface area contributed by atoms with Gasteiger partial charge < -0.3 is 24.1 Å². The summed E-state index contributed by atoms with van der Waals surface area (Å²) in [7, 11) is 0. The van der Waals surface area contributed by atoms with Gasteiger partial charge in [-0.1, -0.05) is 36.4 Å². The number of rotatable bonds is 4. The molecule has 4 rings (SSSR count). The van der Waals surface area contributed by atoms with Crippen LogP contribution in [0.25, 0.3) is 10.8 Å². The molecule has 0 bridgehead atoms. The van der Waals surface area contributed by atoms with Gasteiger partial charge in [0.25, 0.3) is 0 Å². The summed E-state index contributed by atoms with van der Waals surface area (Å²) in [5.74, 6) is 0. The molecule has 2 aromatic rings. The van der Waals surface area contributed by atoms with Gasteiger partial charge in [-0.2, -0.15) is 0 Å². The highest BCUT2D eigenvalue weighted by Gasteiger charge is 2.56. The van der Waals surface area contributed by atoms with Gasteiger partial charge in [-0.05, 0) is 29.3 Å². The standard InChI is InChI=1S/C18H20O5/c1-18(10-19)16(15-17(23-18)22-11-21-15)20-9-12-6-7-13-4-2-3-5-14(13)8-12/h2-8,15-17,19H,9-11H2,1H3/t15-,16+,17+,18-/m1/s1. The van der Waals surface area contributed by atoms with Crippen molar-refractivity contribution in [2.24, 2.45) is 0 Å². The molecule has 0 spiro atoms. The van der Waals surface area contributed by atoms with E-state index in [2.05, 4.69) is 30.3 Å². The third-order valence-corrected chi connectivity index (χ3v) is 4.60. The van der Waals surface area contributed by atoms with Crippen LogP contribution in [0.5, 0.6) is 0 Å². The molecular weight excluding hydrogens is 296 g/mol. The topological polar surface area (TPSA) is 57.2 Å². The van der Waals surface area contributed by atoms with Crippen molar-refractivity contribution in [2.75, 3.05) is 13.4 Å². The fraction of sp³-hybridized carbons (Fsp3) is 0.444. The molecule has 122 valence electrons. The van der Waals surface area contributed by atoms with E-state index in [1.807, 2.05) is 19.1 Å². The fourth-order valence-electron chi connectivity index (χ4n) is 3.28. The molecule has 5 nitrogen and oxygen atoms in total. The lowest BCUT2D eigenvalue weighted by Gasteiger charge is -2.29. The second-order valence-corrected chi connectivity index (χ2v) is 6.29. The van der Waals surface area contributed by atoms with Gasteiger partial charge in [0, 0.05) is 0 Å². The molecule has 2 saturated heterocycles. The van der Waals surface area contributed by atoms with Gasteiger partial charge in [-0.3, -0.25) is 0 Å². The minimum Gasteiger partial charge on any atom is -0.393 e. The normalized spacial score (nSPS) is 33.2. The van der Waals surface area contributed by atoms with E-state index >= 15 is 0 Å². The highest BCUT2D eigenvalue weighted by Crippen LogP contribution is 2.38. The maximum Gasteiger partial charge on any atom is 0.190 e. The van der Waals surface area contributed by atoms with Crippen LogP contribution in [-0.2, 0) is 25.6 Å². The third kappa shape index (κ3) is 2.65. The summed E-state index contributed by atoms with van der Waals surface area (Å²) in [6.45, 7) is 2.31. The average molecular weight is 316 g/mol. The third-order valence-electron chi connectivity index (χ3n) is 4.60. The van der Waals surface area contributed by atoms with Gasteiger partial charge in [0.05, 0.1) is 13.2 Å². The molecule has 1 N–H and O–H groups in total.